The molecule has 2 N–H and O–H groups in total. The van der Waals surface area contributed by atoms with Gasteiger partial charge in [0.25, 0.3) is 5.91 Å². The summed E-state index contributed by atoms with van der Waals surface area (Å²) in [6.45, 7) is 2.46. The minimum Gasteiger partial charge on any atom is -0.348 e. The monoisotopic (exact) mass is 372 g/mol. The van der Waals surface area contributed by atoms with Crippen LogP contribution in [0.3, 0.4) is 0 Å². The number of carbonyl (C=O) groups excluding carboxylic acids is 2. The summed E-state index contributed by atoms with van der Waals surface area (Å²) in [5.41, 5.74) is 3.12. The summed E-state index contributed by atoms with van der Waals surface area (Å²) >= 11 is 0. The van der Waals surface area contributed by atoms with Gasteiger partial charge in [-0.25, -0.2) is 0 Å². The Kier molecular flexibility index (Phi) is 6.58. The van der Waals surface area contributed by atoms with Crippen molar-refractivity contribution in [3.63, 3.8) is 0 Å². The predicted molar refractivity (Wildman–Crippen MR) is 112 cm³/mol. The van der Waals surface area contributed by atoms with Crippen LogP contribution in [0.1, 0.15) is 40.7 Å². The Hall–Kier alpha value is -3.40. The summed E-state index contributed by atoms with van der Waals surface area (Å²) in [5.74, 6) is -0.226. The van der Waals surface area contributed by atoms with E-state index in [1.807, 2.05) is 73.7 Å². The van der Waals surface area contributed by atoms with Crippen molar-refractivity contribution in [2.45, 2.75) is 25.8 Å². The first-order chi connectivity index (χ1) is 13.6. The van der Waals surface area contributed by atoms with Crippen LogP contribution in [-0.2, 0) is 11.3 Å². The Morgan fingerprint density at radius 2 is 1.43 bits per heavy atom. The van der Waals surface area contributed by atoms with E-state index < -0.39 is 0 Å². The Morgan fingerprint density at radius 3 is 2.14 bits per heavy atom. The van der Waals surface area contributed by atoms with Crippen LogP contribution >= 0.6 is 0 Å². The molecule has 0 saturated heterocycles. The van der Waals surface area contributed by atoms with Gasteiger partial charge in [-0.2, -0.15) is 0 Å². The summed E-state index contributed by atoms with van der Waals surface area (Å²) in [6.07, 6.45) is 0.351. The van der Waals surface area contributed by atoms with Crippen LogP contribution in [0, 0.1) is 0 Å². The van der Waals surface area contributed by atoms with E-state index in [0.29, 0.717) is 24.2 Å². The maximum absolute atomic E-state index is 12.6. The van der Waals surface area contributed by atoms with Crippen molar-refractivity contribution < 1.29 is 9.59 Å². The van der Waals surface area contributed by atoms with Gasteiger partial charge in [-0.1, -0.05) is 79.7 Å². The molecular weight excluding hydrogens is 348 g/mol. The standard InChI is InChI=1S/C24H24N2O2/c1-18(20-12-6-3-7-13-20)16-23(27)26-22-15-9-8-14-21(22)24(28)25-17-19-10-4-2-5-11-19/h2-15,18H,16-17H2,1H3,(H,25,28)(H,26,27). The number of hydrogen-bond donors (Lipinski definition) is 2. The number of nitrogens with one attached hydrogen (secondary N) is 2. The number of rotatable bonds is 7. The molecule has 0 aliphatic carbocycles. The highest BCUT2D eigenvalue weighted by Gasteiger charge is 2.15. The number of amides is 2. The van der Waals surface area contributed by atoms with E-state index in [2.05, 4.69) is 10.6 Å². The van der Waals surface area contributed by atoms with E-state index in [1.54, 1.807) is 18.2 Å². The van der Waals surface area contributed by atoms with E-state index in [1.165, 1.54) is 0 Å². The van der Waals surface area contributed by atoms with Crippen molar-refractivity contribution in [3.8, 4) is 0 Å². The summed E-state index contributed by atoms with van der Waals surface area (Å²) in [5, 5.41) is 5.80. The maximum Gasteiger partial charge on any atom is 0.253 e. The van der Waals surface area contributed by atoms with E-state index in [-0.39, 0.29) is 17.7 Å². The quantitative estimate of drug-likeness (QED) is 0.629. The molecule has 0 fully saturated rings. The van der Waals surface area contributed by atoms with E-state index >= 15 is 0 Å². The first-order valence-corrected chi connectivity index (χ1v) is 9.39. The molecule has 0 saturated carbocycles. The van der Waals surface area contributed by atoms with Crippen molar-refractivity contribution in [2.24, 2.45) is 0 Å². The van der Waals surface area contributed by atoms with Gasteiger partial charge in [-0.15, -0.1) is 0 Å². The smallest absolute Gasteiger partial charge is 0.253 e. The van der Waals surface area contributed by atoms with Gasteiger partial charge >= 0.3 is 0 Å². The number of anilines is 1. The van der Waals surface area contributed by atoms with Crippen molar-refractivity contribution in [1.82, 2.24) is 5.32 Å². The van der Waals surface area contributed by atoms with E-state index in [9.17, 15) is 9.59 Å². The molecule has 0 bridgehead atoms. The molecule has 0 heterocycles. The molecule has 0 aliphatic rings. The minimum atomic E-state index is -0.212. The van der Waals surface area contributed by atoms with Crippen LogP contribution < -0.4 is 10.6 Å². The Bertz CT molecular complexity index is 924. The van der Waals surface area contributed by atoms with Crippen molar-refractivity contribution in [1.29, 1.82) is 0 Å². The SMILES string of the molecule is CC(CC(=O)Nc1ccccc1C(=O)NCc1ccccc1)c1ccccc1. The third-order valence-corrected chi connectivity index (χ3v) is 4.60. The topological polar surface area (TPSA) is 58.2 Å². The van der Waals surface area contributed by atoms with Gasteiger partial charge in [0, 0.05) is 13.0 Å². The molecule has 3 rings (SSSR count). The third-order valence-electron chi connectivity index (χ3n) is 4.60. The predicted octanol–water partition coefficient (Wildman–Crippen LogP) is 4.75. The van der Waals surface area contributed by atoms with Crippen LogP contribution in [0.2, 0.25) is 0 Å². The van der Waals surface area contributed by atoms with Crippen LogP contribution in [-0.4, -0.2) is 11.8 Å². The first-order valence-electron chi connectivity index (χ1n) is 9.39. The van der Waals surface area contributed by atoms with Gasteiger partial charge in [0.15, 0.2) is 0 Å². The lowest BCUT2D eigenvalue weighted by Crippen LogP contribution is -2.25. The van der Waals surface area contributed by atoms with Crippen LogP contribution in [0.25, 0.3) is 0 Å². The zero-order chi connectivity index (χ0) is 19.8. The van der Waals surface area contributed by atoms with Crippen molar-refractivity contribution in [3.05, 3.63) is 102 Å². The van der Waals surface area contributed by atoms with Gasteiger partial charge in [0.2, 0.25) is 5.91 Å². The molecule has 4 nitrogen and oxygen atoms in total. The maximum atomic E-state index is 12.6. The van der Waals surface area contributed by atoms with Gasteiger partial charge in [0.1, 0.15) is 0 Å². The summed E-state index contributed by atoms with van der Waals surface area (Å²) in [4.78, 5) is 25.1. The molecule has 0 aromatic heterocycles. The van der Waals surface area contributed by atoms with Gasteiger partial charge in [-0.05, 0) is 29.2 Å². The van der Waals surface area contributed by atoms with Crippen LogP contribution in [0.15, 0.2) is 84.9 Å². The zero-order valence-electron chi connectivity index (χ0n) is 15.9. The Labute approximate surface area is 165 Å². The fourth-order valence-corrected chi connectivity index (χ4v) is 3.04. The van der Waals surface area contributed by atoms with Gasteiger partial charge in [-0.3, -0.25) is 9.59 Å². The van der Waals surface area contributed by atoms with E-state index in [4.69, 9.17) is 0 Å². The summed E-state index contributed by atoms with van der Waals surface area (Å²) in [6, 6.07) is 26.7. The normalized spacial score (nSPS) is 11.5. The average molecular weight is 372 g/mol. The molecule has 142 valence electrons. The van der Waals surface area contributed by atoms with Gasteiger partial charge in [0.05, 0.1) is 11.3 Å². The summed E-state index contributed by atoms with van der Waals surface area (Å²) < 4.78 is 0. The molecule has 1 unspecified atom stereocenters. The number of para-hydroxylation sites is 1. The van der Waals surface area contributed by atoms with Crippen LogP contribution in [0.5, 0.6) is 0 Å². The highest BCUT2D eigenvalue weighted by molar-refractivity contribution is 6.03. The number of carbonyl (C=O) groups is 2. The molecule has 0 aliphatic heterocycles. The lowest BCUT2D eigenvalue weighted by Gasteiger charge is -2.14. The average Bonchev–Trinajstić information content (AvgIpc) is 2.73. The lowest BCUT2D eigenvalue weighted by molar-refractivity contribution is -0.116. The first kappa shape index (κ1) is 19.4. The van der Waals surface area contributed by atoms with E-state index in [0.717, 1.165) is 11.1 Å². The molecule has 28 heavy (non-hydrogen) atoms. The third kappa shape index (κ3) is 5.30. The molecule has 3 aromatic carbocycles. The largest absolute Gasteiger partial charge is 0.348 e. The molecule has 2 amide bonds. The molecule has 1 atom stereocenters. The second-order valence-corrected chi connectivity index (χ2v) is 6.78. The van der Waals surface area contributed by atoms with Gasteiger partial charge < -0.3 is 10.6 Å². The Balaban J connectivity index is 1.63. The summed E-state index contributed by atoms with van der Waals surface area (Å²) in [7, 11) is 0. The highest BCUT2D eigenvalue weighted by atomic mass is 16.2. The number of benzene rings is 3. The van der Waals surface area contributed by atoms with Crippen molar-refractivity contribution in [2.75, 3.05) is 5.32 Å². The highest BCUT2D eigenvalue weighted by Crippen LogP contribution is 2.21. The molecule has 3 aromatic rings. The minimum absolute atomic E-state index is 0.0975. The molecule has 4 heteroatoms. The molecule has 0 radical (unpaired) electrons. The van der Waals surface area contributed by atoms with Crippen LogP contribution in [0.4, 0.5) is 5.69 Å². The molecule has 0 spiro atoms. The number of hydrogen-bond acceptors (Lipinski definition) is 2. The Morgan fingerprint density at radius 1 is 0.821 bits per heavy atom. The van der Waals surface area contributed by atoms with Crippen molar-refractivity contribution >= 4 is 17.5 Å². The second kappa shape index (κ2) is 9.51. The fraction of sp³-hybridized carbons (Fsp3) is 0.167. The zero-order valence-corrected chi connectivity index (χ0v) is 15.9. The molecular formula is C24H24N2O2. The lowest BCUT2D eigenvalue weighted by atomic mass is 9.97. The fourth-order valence-electron chi connectivity index (χ4n) is 3.04. The second-order valence-electron chi connectivity index (χ2n) is 6.78.